The van der Waals surface area contributed by atoms with Gasteiger partial charge in [-0.3, -0.25) is 9.59 Å². The fourth-order valence-electron chi connectivity index (χ4n) is 5.18. The van der Waals surface area contributed by atoms with Gasteiger partial charge in [0.15, 0.2) is 0 Å². The van der Waals surface area contributed by atoms with Crippen molar-refractivity contribution in [2.75, 3.05) is 26.2 Å². The number of sulfonamides is 1. The van der Waals surface area contributed by atoms with Gasteiger partial charge in [0.05, 0.1) is 5.92 Å². The Balaban J connectivity index is 1.39. The van der Waals surface area contributed by atoms with E-state index in [4.69, 9.17) is 0 Å². The van der Waals surface area contributed by atoms with Crippen molar-refractivity contribution >= 4 is 21.8 Å². The van der Waals surface area contributed by atoms with Crippen molar-refractivity contribution in [2.45, 2.75) is 81.6 Å². The molecule has 1 aliphatic carbocycles. The van der Waals surface area contributed by atoms with Crippen LogP contribution in [0.1, 0.15) is 81.1 Å². The molecular weight excluding hydrogens is 428 g/mol. The van der Waals surface area contributed by atoms with E-state index in [1.165, 1.54) is 29.4 Å². The van der Waals surface area contributed by atoms with E-state index in [1.807, 2.05) is 0 Å². The first kappa shape index (κ1) is 23.3. The highest BCUT2D eigenvalue weighted by Gasteiger charge is 2.35. The molecule has 3 fully saturated rings. The van der Waals surface area contributed by atoms with E-state index >= 15 is 0 Å². The minimum atomic E-state index is -3.76. The third kappa shape index (κ3) is 5.36. The fourth-order valence-corrected chi connectivity index (χ4v) is 6.70. The van der Waals surface area contributed by atoms with Crippen LogP contribution < -0.4 is 5.32 Å². The van der Waals surface area contributed by atoms with Crippen LogP contribution in [0.25, 0.3) is 0 Å². The minimum absolute atomic E-state index is 0.0215. The number of rotatable bonds is 5. The highest BCUT2D eigenvalue weighted by Crippen LogP contribution is 2.26. The quantitative estimate of drug-likeness (QED) is 0.654. The Morgan fingerprint density at radius 3 is 2.31 bits per heavy atom. The zero-order chi connectivity index (χ0) is 22.6. The molecule has 2 amide bonds. The zero-order valence-electron chi connectivity index (χ0n) is 18.9. The van der Waals surface area contributed by atoms with Crippen LogP contribution in [0.5, 0.6) is 0 Å². The normalized spacial score (nSPS) is 24.1. The molecule has 32 heavy (non-hydrogen) atoms. The molecule has 2 N–H and O–H groups in total. The Bertz CT molecular complexity index is 899. The van der Waals surface area contributed by atoms with Crippen molar-refractivity contribution in [1.82, 2.24) is 19.5 Å². The second kappa shape index (κ2) is 10.4. The smallest absolute Gasteiger partial charge is 0.270 e. The number of likely N-dealkylation sites (tertiary alicyclic amines) is 1. The monoisotopic (exact) mass is 464 g/mol. The van der Waals surface area contributed by atoms with Gasteiger partial charge in [-0.2, -0.15) is 4.31 Å². The second-order valence-corrected chi connectivity index (χ2v) is 11.4. The van der Waals surface area contributed by atoms with Crippen LogP contribution >= 0.6 is 0 Å². The molecule has 3 aliphatic rings. The van der Waals surface area contributed by atoms with E-state index in [1.54, 1.807) is 4.90 Å². The van der Waals surface area contributed by atoms with E-state index < -0.39 is 10.0 Å². The molecule has 3 heterocycles. The van der Waals surface area contributed by atoms with Gasteiger partial charge in [0.2, 0.25) is 15.9 Å². The van der Waals surface area contributed by atoms with Crippen LogP contribution in [-0.4, -0.2) is 66.6 Å². The van der Waals surface area contributed by atoms with Gasteiger partial charge < -0.3 is 15.2 Å². The largest absolute Gasteiger partial charge is 0.356 e. The van der Waals surface area contributed by atoms with Gasteiger partial charge in [0.1, 0.15) is 10.6 Å². The van der Waals surface area contributed by atoms with Gasteiger partial charge in [-0.25, -0.2) is 8.42 Å². The summed E-state index contributed by atoms with van der Waals surface area (Å²) in [6.07, 6.45) is 12.6. The van der Waals surface area contributed by atoms with Crippen molar-refractivity contribution in [3.63, 3.8) is 0 Å². The first-order chi connectivity index (χ1) is 15.4. The molecule has 178 valence electrons. The average molecular weight is 465 g/mol. The molecular formula is C23H36N4O4S. The van der Waals surface area contributed by atoms with E-state index in [9.17, 15) is 18.0 Å². The predicted octanol–water partition coefficient (Wildman–Crippen LogP) is 2.88. The SMILES string of the molecule is O=C(NC1CCCCCC1)[C@H]1CCCN(S(=O)(=O)c2c[nH]c(C(=O)N3CCCCC3)c2)C1. The number of carbonyl (C=O) groups is 2. The third-order valence-electron chi connectivity index (χ3n) is 7.12. The number of nitrogens with one attached hydrogen (secondary N) is 2. The maximum atomic E-state index is 13.3. The lowest BCUT2D eigenvalue weighted by molar-refractivity contribution is -0.126. The summed E-state index contributed by atoms with van der Waals surface area (Å²) in [5, 5.41) is 3.18. The molecule has 2 aliphatic heterocycles. The van der Waals surface area contributed by atoms with Crippen molar-refractivity contribution < 1.29 is 18.0 Å². The number of amides is 2. The molecule has 0 radical (unpaired) electrons. The van der Waals surface area contributed by atoms with Crippen LogP contribution in [0.15, 0.2) is 17.2 Å². The second-order valence-electron chi connectivity index (χ2n) is 9.50. The first-order valence-corrected chi connectivity index (χ1v) is 13.7. The maximum absolute atomic E-state index is 13.3. The molecule has 2 saturated heterocycles. The number of nitrogens with zero attached hydrogens (tertiary/aromatic N) is 2. The summed E-state index contributed by atoms with van der Waals surface area (Å²) in [5.41, 5.74) is 0.310. The lowest BCUT2D eigenvalue weighted by Crippen LogP contribution is -2.47. The van der Waals surface area contributed by atoms with E-state index in [-0.39, 0.29) is 35.2 Å². The number of hydrogen-bond donors (Lipinski definition) is 2. The highest BCUT2D eigenvalue weighted by atomic mass is 32.2. The van der Waals surface area contributed by atoms with Crippen LogP contribution in [-0.2, 0) is 14.8 Å². The molecule has 1 aromatic rings. The van der Waals surface area contributed by atoms with E-state index in [0.717, 1.165) is 44.9 Å². The van der Waals surface area contributed by atoms with E-state index in [2.05, 4.69) is 10.3 Å². The first-order valence-electron chi connectivity index (χ1n) is 12.2. The van der Waals surface area contributed by atoms with Crippen LogP contribution in [0.4, 0.5) is 0 Å². The number of H-pyrrole nitrogens is 1. The Morgan fingerprint density at radius 1 is 0.906 bits per heavy atom. The molecule has 1 saturated carbocycles. The zero-order valence-corrected chi connectivity index (χ0v) is 19.7. The van der Waals surface area contributed by atoms with Crippen LogP contribution in [0.3, 0.4) is 0 Å². The number of hydrogen-bond acceptors (Lipinski definition) is 4. The molecule has 9 heteroatoms. The van der Waals surface area contributed by atoms with Crippen molar-refractivity contribution in [2.24, 2.45) is 5.92 Å². The van der Waals surface area contributed by atoms with Gasteiger partial charge in [0, 0.05) is 38.4 Å². The van der Waals surface area contributed by atoms with Crippen molar-refractivity contribution in [3.05, 3.63) is 18.0 Å². The lowest BCUT2D eigenvalue weighted by Gasteiger charge is -2.32. The molecule has 8 nitrogen and oxygen atoms in total. The minimum Gasteiger partial charge on any atom is -0.356 e. The highest BCUT2D eigenvalue weighted by molar-refractivity contribution is 7.89. The number of piperidine rings is 2. The number of aromatic amines is 1. The predicted molar refractivity (Wildman–Crippen MR) is 122 cm³/mol. The van der Waals surface area contributed by atoms with Gasteiger partial charge in [-0.15, -0.1) is 0 Å². The van der Waals surface area contributed by atoms with Gasteiger partial charge in [0.25, 0.3) is 5.91 Å². The summed E-state index contributed by atoms with van der Waals surface area (Å²) in [5.74, 6) is -0.493. The average Bonchev–Trinajstić information content (AvgIpc) is 3.19. The molecule has 1 atom stereocenters. The summed E-state index contributed by atoms with van der Waals surface area (Å²) in [6.45, 7) is 2.02. The Labute approximate surface area is 191 Å². The van der Waals surface area contributed by atoms with Gasteiger partial charge in [-0.1, -0.05) is 25.7 Å². The topological polar surface area (TPSA) is 103 Å². The van der Waals surface area contributed by atoms with Crippen molar-refractivity contribution in [3.8, 4) is 0 Å². The third-order valence-corrected chi connectivity index (χ3v) is 8.97. The maximum Gasteiger partial charge on any atom is 0.270 e. The lowest BCUT2D eigenvalue weighted by atomic mass is 9.97. The molecule has 4 rings (SSSR count). The van der Waals surface area contributed by atoms with Crippen molar-refractivity contribution in [1.29, 1.82) is 0 Å². The van der Waals surface area contributed by atoms with Gasteiger partial charge >= 0.3 is 0 Å². The Morgan fingerprint density at radius 2 is 1.59 bits per heavy atom. The molecule has 1 aromatic heterocycles. The fraction of sp³-hybridized carbons (Fsp3) is 0.739. The summed E-state index contributed by atoms with van der Waals surface area (Å²) in [6, 6.07) is 1.66. The summed E-state index contributed by atoms with van der Waals surface area (Å²) in [4.78, 5) is 30.3. The van der Waals surface area contributed by atoms with Gasteiger partial charge in [-0.05, 0) is 51.0 Å². The Kier molecular flexibility index (Phi) is 7.55. The number of carbonyl (C=O) groups excluding carboxylic acids is 2. The molecule has 0 aromatic carbocycles. The molecule has 0 bridgehead atoms. The summed E-state index contributed by atoms with van der Waals surface area (Å²) >= 11 is 0. The summed E-state index contributed by atoms with van der Waals surface area (Å²) in [7, 11) is -3.76. The summed E-state index contributed by atoms with van der Waals surface area (Å²) < 4.78 is 27.9. The standard InChI is InChI=1S/C23H36N4O4S/c28-22(25-19-10-4-1-2-5-11-19)18-9-8-14-27(17-18)32(30,31)20-15-21(24-16-20)23(29)26-12-6-3-7-13-26/h15-16,18-19,24H,1-14,17H2,(H,25,28)/t18-/m0/s1. The van der Waals surface area contributed by atoms with Crippen LogP contribution in [0, 0.1) is 5.92 Å². The number of aromatic nitrogens is 1. The molecule has 0 unspecified atom stereocenters. The van der Waals surface area contributed by atoms with E-state index in [0.29, 0.717) is 38.2 Å². The molecule has 0 spiro atoms. The Hall–Kier alpha value is -1.87. The van der Waals surface area contributed by atoms with Crippen LogP contribution in [0.2, 0.25) is 0 Å².